The maximum absolute atomic E-state index is 12.3. The third kappa shape index (κ3) is 6.92. The zero-order valence-electron chi connectivity index (χ0n) is 17.7. The lowest BCUT2D eigenvalue weighted by atomic mass is 9.88. The molecule has 2 N–H and O–H groups in total. The molecule has 0 aromatic carbocycles. The summed E-state index contributed by atoms with van der Waals surface area (Å²) < 4.78 is 0.739. The summed E-state index contributed by atoms with van der Waals surface area (Å²) in [4.78, 5) is 27.4. The average molecular weight is 452 g/mol. The molecule has 0 bridgehead atoms. The number of nitrogens with zero attached hydrogens (tertiary/aromatic N) is 1. The number of aromatic carboxylic acids is 1. The fourth-order valence-corrected chi connectivity index (χ4v) is 6.54. The summed E-state index contributed by atoms with van der Waals surface area (Å²) in [6.07, 6.45) is 14.4. The number of aliphatic hydroxyl groups is 1. The molecular weight excluding hydrogens is 418 g/mol. The number of aromatic nitrogens is 1. The molecule has 1 aromatic heterocycles. The first-order chi connectivity index (χ1) is 14.3. The van der Waals surface area contributed by atoms with Gasteiger partial charge in [0.05, 0.1) is 5.60 Å². The molecule has 2 fully saturated rings. The number of allylic oxidation sites excluding steroid dienone is 1. The van der Waals surface area contributed by atoms with Crippen molar-refractivity contribution in [2.45, 2.75) is 81.1 Å². The van der Waals surface area contributed by atoms with Gasteiger partial charge in [-0.1, -0.05) is 49.6 Å². The zero-order valence-corrected chi connectivity index (χ0v) is 19.3. The van der Waals surface area contributed by atoms with E-state index in [9.17, 15) is 14.7 Å². The van der Waals surface area contributed by atoms with Gasteiger partial charge in [0.25, 0.3) is 0 Å². The quantitative estimate of drug-likeness (QED) is 0.337. The normalized spacial score (nSPS) is 24.7. The van der Waals surface area contributed by atoms with E-state index in [4.69, 9.17) is 5.11 Å². The van der Waals surface area contributed by atoms with Gasteiger partial charge in [0.2, 0.25) is 0 Å². The lowest BCUT2D eigenvalue weighted by Crippen LogP contribution is -2.24. The Hall–Kier alpha value is -1.18. The molecule has 0 spiro atoms. The number of ketones is 1. The minimum Gasteiger partial charge on any atom is -0.476 e. The van der Waals surface area contributed by atoms with Gasteiger partial charge in [0, 0.05) is 23.5 Å². The molecule has 30 heavy (non-hydrogen) atoms. The first kappa shape index (κ1) is 23.5. The van der Waals surface area contributed by atoms with Crippen LogP contribution in [0.5, 0.6) is 0 Å². The Labute approximate surface area is 187 Å². The fourth-order valence-electron chi connectivity index (χ4n) is 4.65. The van der Waals surface area contributed by atoms with Crippen LogP contribution in [0.25, 0.3) is 0 Å². The predicted molar refractivity (Wildman–Crippen MR) is 121 cm³/mol. The number of carbonyl (C=O) groups excluding carboxylic acids is 1. The maximum atomic E-state index is 12.3. The standard InChI is InChI=1S/C23H33NO4S2/c1-23(28,13-10-16-5-2-3-6-16)12-4-7-17-8-9-20(25)18(17)11-14-29-22-24-19(15-30-22)21(26)27/h4,7,15-18,28H,2-3,5-6,8-14H2,1H3,(H,26,27)/b7-4+/t17-,18-,23-/m1/s1. The molecule has 1 heterocycles. The Morgan fingerprint density at radius 3 is 2.80 bits per heavy atom. The van der Waals surface area contributed by atoms with E-state index >= 15 is 0 Å². The van der Waals surface area contributed by atoms with Crippen molar-refractivity contribution in [3.05, 3.63) is 23.2 Å². The van der Waals surface area contributed by atoms with Crippen LogP contribution in [0.1, 0.15) is 81.6 Å². The van der Waals surface area contributed by atoms with E-state index in [1.165, 1.54) is 48.8 Å². The van der Waals surface area contributed by atoms with Gasteiger partial charge in [0.1, 0.15) is 5.78 Å². The first-order valence-corrected chi connectivity index (χ1v) is 12.9. The van der Waals surface area contributed by atoms with Crippen molar-refractivity contribution in [1.29, 1.82) is 0 Å². The van der Waals surface area contributed by atoms with E-state index in [0.29, 0.717) is 18.6 Å². The van der Waals surface area contributed by atoms with Gasteiger partial charge in [0.15, 0.2) is 10.0 Å². The Kier molecular flexibility index (Phi) is 8.54. The van der Waals surface area contributed by atoms with Crippen LogP contribution < -0.4 is 0 Å². The molecule has 3 rings (SSSR count). The highest BCUT2D eigenvalue weighted by atomic mass is 32.2. The maximum Gasteiger partial charge on any atom is 0.355 e. The second-order valence-corrected chi connectivity index (χ2v) is 11.2. The highest BCUT2D eigenvalue weighted by Crippen LogP contribution is 2.36. The Morgan fingerprint density at radius 1 is 1.33 bits per heavy atom. The van der Waals surface area contributed by atoms with E-state index in [2.05, 4.69) is 17.1 Å². The van der Waals surface area contributed by atoms with Crippen LogP contribution in [-0.2, 0) is 4.79 Å². The van der Waals surface area contributed by atoms with E-state index in [-0.39, 0.29) is 17.5 Å². The van der Waals surface area contributed by atoms with Crippen molar-refractivity contribution in [2.24, 2.45) is 17.8 Å². The van der Waals surface area contributed by atoms with E-state index < -0.39 is 11.6 Å². The fraction of sp³-hybridized carbons (Fsp3) is 0.696. The number of thioether (sulfide) groups is 1. The second kappa shape index (κ2) is 10.9. The highest BCUT2D eigenvalue weighted by Gasteiger charge is 2.32. The molecule has 0 unspecified atom stereocenters. The molecule has 3 atom stereocenters. The molecule has 2 saturated carbocycles. The summed E-state index contributed by atoms with van der Waals surface area (Å²) in [5, 5.41) is 21.2. The lowest BCUT2D eigenvalue weighted by Gasteiger charge is -2.23. The van der Waals surface area contributed by atoms with Gasteiger partial charge in [-0.05, 0) is 50.9 Å². The molecule has 2 aliphatic rings. The summed E-state index contributed by atoms with van der Waals surface area (Å²) in [7, 11) is 0. The number of rotatable bonds is 11. The topological polar surface area (TPSA) is 87.5 Å². The molecule has 2 aliphatic carbocycles. The van der Waals surface area contributed by atoms with Crippen LogP contribution in [0.4, 0.5) is 0 Å². The van der Waals surface area contributed by atoms with E-state index in [1.54, 1.807) is 5.38 Å². The van der Waals surface area contributed by atoms with Gasteiger partial charge in [-0.25, -0.2) is 9.78 Å². The van der Waals surface area contributed by atoms with Crippen molar-refractivity contribution < 1.29 is 19.8 Å². The summed E-state index contributed by atoms with van der Waals surface area (Å²) in [5.41, 5.74) is -0.583. The van der Waals surface area contributed by atoms with E-state index in [1.807, 2.05) is 6.92 Å². The summed E-state index contributed by atoms with van der Waals surface area (Å²) >= 11 is 2.86. The second-order valence-electron chi connectivity index (χ2n) is 9.03. The molecule has 7 heteroatoms. The molecule has 0 saturated heterocycles. The van der Waals surface area contributed by atoms with Crippen LogP contribution >= 0.6 is 23.1 Å². The number of hydrogen-bond donors (Lipinski definition) is 2. The molecule has 0 radical (unpaired) electrons. The largest absolute Gasteiger partial charge is 0.476 e. The van der Waals surface area contributed by atoms with Crippen LogP contribution in [0.2, 0.25) is 0 Å². The average Bonchev–Trinajstić information content (AvgIpc) is 3.44. The number of hydrogen-bond acceptors (Lipinski definition) is 6. The van der Waals surface area contributed by atoms with Gasteiger partial charge >= 0.3 is 5.97 Å². The van der Waals surface area contributed by atoms with E-state index in [0.717, 1.165) is 41.7 Å². The predicted octanol–water partition coefficient (Wildman–Crippen LogP) is 5.59. The van der Waals surface area contributed by atoms with Gasteiger partial charge in [-0.2, -0.15) is 0 Å². The molecular formula is C23H33NO4S2. The Morgan fingerprint density at radius 2 is 2.10 bits per heavy atom. The van der Waals surface area contributed by atoms with Crippen molar-refractivity contribution in [1.82, 2.24) is 4.98 Å². The van der Waals surface area contributed by atoms with Gasteiger partial charge in [-0.15, -0.1) is 11.3 Å². The van der Waals surface area contributed by atoms with Crippen molar-refractivity contribution in [3.8, 4) is 0 Å². The highest BCUT2D eigenvalue weighted by molar-refractivity contribution is 8.01. The van der Waals surface area contributed by atoms with Crippen LogP contribution in [0.3, 0.4) is 0 Å². The van der Waals surface area contributed by atoms with Crippen LogP contribution in [-0.4, -0.2) is 38.3 Å². The van der Waals surface area contributed by atoms with Crippen molar-refractivity contribution >= 4 is 34.9 Å². The third-order valence-electron chi connectivity index (χ3n) is 6.52. The number of carbonyl (C=O) groups is 2. The molecule has 1 aromatic rings. The molecule has 0 aliphatic heterocycles. The number of carboxylic acid groups (broad SMARTS) is 1. The molecule has 5 nitrogen and oxygen atoms in total. The molecule has 0 amide bonds. The zero-order chi connectivity index (χ0) is 21.6. The Balaban J connectivity index is 1.43. The van der Waals surface area contributed by atoms with Gasteiger partial charge in [-0.3, -0.25) is 4.79 Å². The Bertz CT molecular complexity index is 752. The smallest absolute Gasteiger partial charge is 0.355 e. The lowest BCUT2D eigenvalue weighted by molar-refractivity contribution is -0.121. The minimum atomic E-state index is -1.01. The van der Waals surface area contributed by atoms with Crippen LogP contribution in [0.15, 0.2) is 21.9 Å². The van der Waals surface area contributed by atoms with Gasteiger partial charge < -0.3 is 10.2 Å². The monoisotopic (exact) mass is 451 g/mol. The third-order valence-corrected chi connectivity index (χ3v) is 8.57. The van der Waals surface area contributed by atoms with Crippen molar-refractivity contribution in [3.63, 3.8) is 0 Å². The number of carboxylic acids is 1. The SMILES string of the molecule is C[C@@](O)(C/C=C/[C@@H]1CCC(=O)[C@@H]1CCSc1nc(C(=O)O)cs1)CCC1CCCC1. The summed E-state index contributed by atoms with van der Waals surface area (Å²) in [5.74, 6) is 1.13. The minimum absolute atomic E-state index is 0.0242. The van der Waals surface area contributed by atoms with Crippen LogP contribution in [0, 0.1) is 17.8 Å². The van der Waals surface area contributed by atoms with Crippen molar-refractivity contribution in [2.75, 3.05) is 5.75 Å². The first-order valence-electron chi connectivity index (χ1n) is 11.1. The summed E-state index contributed by atoms with van der Waals surface area (Å²) in [6.45, 7) is 1.93. The molecule has 166 valence electrons. The summed E-state index contributed by atoms with van der Waals surface area (Å²) in [6, 6.07) is 0. The number of Topliss-reactive ketones (excluding diaryl/α,β-unsaturated/α-hetero) is 1. The number of thiazole rings is 1.